The highest BCUT2D eigenvalue weighted by molar-refractivity contribution is 7.86. The molecule has 2 amide bonds. The van der Waals surface area contributed by atoms with E-state index in [-0.39, 0.29) is 45.3 Å². The second-order valence-corrected chi connectivity index (χ2v) is 12.8. The highest BCUT2D eigenvalue weighted by Crippen LogP contribution is 2.41. The number of carbonyl (C=O) groups is 2. The van der Waals surface area contributed by atoms with Crippen molar-refractivity contribution < 1.29 is 27.3 Å². The van der Waals surface area contributed by atoms with Gasteiger partial charge in [0.1, 0.15) is 11.5 Å². The van der Waals surface area contributed by atoms with Crippen LogP contribution in [0.3, 0.4) is 0 Å². The first-order chi connectivity index (χ1) is 21.0. The number of carbonyl (C=O) groups excluding carboxylic acids is 2. The number of nitrogens with zero attached hydrogens (tertiary/aromatic N) is 7. The largest absolute Gasteiger partial charge is 0.578 e. The van der Waals surface area contributed by atoms with E-state index >= 15 is 0 Å². The van der Waals surface area contributed by atoms with Gasteiger partial charge in [0.2, 0.25) is 0 Å². The van der Waals surface area contributed by atoms with E-state index in [1.807, 2.05) is 8.61 Å². The van der Waals surface area contributed by atoms with Crippen LogP contribution < -0.4 is 10.6 Å². The van der Waals surface area contributed by atoms with E-state index in [0.717, 1.165) is 25.9 Å². The van der Waals surface area contributed by atoms with Crippen molar-refractivity contribution in [1.82, 2.24) is 38.2 Å². The second kappa shape index (κ2) is 12.3. The number of amides is 2. The molecule has 3 fully saturated rings. The number of benzene rings is 1. The number of halogens is 4. The van der Waals surface area contributed by atoms with Gasteiger partial charge in [-0.15, -0.1) is 8.61 Å². The molecule has 0 bridgehead atoms. The molecule has 1 aromatic carbocycles. The Balaban J connectivity index is 1.10. The minimum absolute atomic E-state index is 0.0574. The molecule has 2 N–H and O–H groups in total. The van der Waals surface area contributed by atoms with Crippen LogP contribution in [0, 0.1) is 0 Å². The van der Waals surface area contributed by atoms with Crippen LogP contribution in [0.5, 0.6) is 0 Å². The van der Waals surface area contributed by atoms with E-state index in [2.05, 4.69) is 20.7 Å². The summed E-state index contributed by atoms with van der Waals surface area (Å²) in [5.74, 6) is -1.05. The van der Waals surface area contributed by atoms with Gasteiger partial charge in [0.15, 0.2) is 11.5 Å². The molecule has 236 valence electrons. The fourth-order valence-corrected chi connectivity index (χ4v) is 6.88. The highest BCUT2D eigenvalue weighted by atomic mass is 35.5. The number of hydrogen-bond donors (Lipinski definition) is 2. The molecule has 6 rings (SSSR count). The molecular formula is C27H31ClF3N9O3S. The fourth-order valence-electron chi connectivity index (χ4n) is 5.32. The number of alkyl halides is 3. The van der Waals surface area contributed by atoms with E-state index in [1.165, 1.54) is 46.9 Å². The zero-order valence-electron chi connectivity index (χ0n) is 23.8. The molecule has 44 heavy (non-hydrogen) atoms. The van der Waals surface area contributed by atoms with Gasteiger partial charge >= 0.3 is 6.18 Å². The molecule has 3 aliphatic rings. The first-order valence-corrected chi connectivity index (χ1v) is 15.7. The third-order valence-electron chi connectivity index (χ3n) is 7.89. The summed E-state index contributed by atoms with van der Waals surface area (Å²) in [4.78, 5) is 32.0. The van der Waals surface area contributed by atoms with Crippen LogP contribution in [0.2, 0.25) is 5.02 Å². The van der Waals surface area contributed by atoms with Crippen molar-refractivity contribution in [3.8, 4) is 11.3 Å². The maximum absolute atomic E-state index is 13.7. The standard InChI is InChI=1S/C27H31ClF3N9O3S/c1-36-22(20-16-40(18-3-4-18)35-23(20)27(29,30)31)15-33-24(36)25(41)34-17-2-5-19(21(28)14-17)26(42)37-10-12-39(13-11-37)44(43)38-8-6-32-7-9-38/h2,5,14-16,18,32H,3-4,6-13H2,1H3,(H,34,41). The van der Waals surface area contributed by atoms with Crippen molar-refractivity contribution in [1.29, 1.82) is 0 Å². The summed E-state index contributed by atoms with van der Waals surface area (Å²) < 4.78 is 60.5. The lowest BCUT2D eigenvalue weighted by Gasteiger charge is -2.38. The highest BCUT2D eigenvalue weighted by Gasteiger charge is 2.40. The smallest absolute Gasteiger partial charge is 0.435 e. The lowest BCUT2D eigenvalue weighted by Crippen LogP contribution is -2.57. The van der Waals surface area contributed by atoms with Gasteiger partial charge in [-0.3, -0.25) is 14.3 Å². The molecule has 4 heterocycles. The first kappa shape index (κ1) is 30.9. The number of imidazole rings is 1. The van der Waals surface area contributed by atoms with E-state index in [4.69, 9.17) is 11.6 Å². The number of rotatable bonds is 7. The summed E-state index contributed by atoms with van der Waals surface area (Å²) in [5, 5.41) is 9.78. The van der Waals surface area contributed by atoms with Gasteiger partial charge in [-0.1, -0.05) is 11.6 Å². The molecule has 1 aliphatic carbocycles. The summed E-state index contributed by atoms with van der Waals surface area (Å²) in [6.45, 7) is 4.70. The molecule has 3 aromatic rings. The molecule has 2 aromatic heterocycles. The van der Waals surface area contributed by atoms with Crippen LogP contribution in [0.4, 0.5) is 18.9 Å². The Morgan fingerprint density at radius 2 is 1.77 bits per heavy atom. The van der Waals surface area contributed by atoms with Crippen molar-refractivity contribution in [2.75, 3.05) is 57.7 Å². The number of nitrogens with one attached hydrogen (secondary N) is 2. The lowest BCUT2D eigenvalue weighted by molar-refractivity contribution is -0.141. The van der Waals surface area contributed by atoms with E-state index in [9.17, 15) is 27.3 Å². The van der Waals surface area contributed by atoms with E-state index < -0.39 is 29.3 Å². The molecular weight excluding hydrogens is 623 g/mol. The van der Waals surface area contributed by atoms with Crippen LogP contribution in [0.15, 0.2) is 30.6 Å². The first-order valence-electron chi connectivity index (χ1n) is 14.2. The summed E-state index contributed by atoms with van der Waals surface area (Å²) >= 11 is 5.21. The van der Waals surface area contributed by atoms with Crippen LogP contribution >= 0.6 is 11.6 Å². The monoisotopic (exact) mass is 653 g/mol. The quantitative estimate of drug-likeness (QED) is 0.373. The molecule has 1 atom stereocenters. The van der Waals surface area contributed by atoms with Gasteiger partial charge in [0.05, 0.1) is 60.3 Å². The average Bonchev–Trinajstić information content (AvgIpc) is 3.64. The number of hydrogen-bond acceptors (Lipinski definition) is 8. The second-order valence-electron chi connectivity index (χ2n) is 10.9. The van der Waals surface area contributed by atoms with E-state index in [0.29, 0.717) is 39.3 Å². The zero-order valence-corrected chi connectivity index (χ0v) is 25.4. The molecule has 1 saturated carbocycles. The third kappa shape index (κ3) is 6.32. The average molecular weight is 654 g/mol. The molecule has 12 nitrogen and oxygen atoms in total. The molecule has 17 heteroatoms. The Morgan fingerprint density at radius 3 is 2.41 bits per heavy atom. The van der Waals surface area contributed by atoms with Crippen LogP contribution in [-0.2, 0) is 24.8 Å². The van der Waals surface area contributed by atoms with Crippen molar-refractivity contribution in [3.05, 3.63) is 52.7 Å². The van der Waals surface area contributed by atoms with Gasteiger partial charge < -0.3 is 24.7 Å². The maximum Gasteiger partial charge on any atom is 0.435 e. The third-order valence-corrected chi connectivity index (χ3v) is 9.82. The van der Waals surface area contributed by atoms with Crippen LogP contribution in [0.25, 0.3) is 11.3 Å². The topological polar surface area (TPSA) is 127 Å². The maximum atomic E-state index is 13.7. The molecule has 0 radical (unpaired) electrons. The predicted molar refractivity (Wildman–Crippen MR) is 157 cm³/mol. The van der Waals surface area contributed by atoms with Gasteiger partial charge in [0.25, 0.3) is 11.8 Å². The molecule has 2 saturated heterocycles. The van der Waals surface area contributed by atoms with Crippen LogP contribution in [-0.4, -0.2) is 102 Å². The van der Waals surface area contributed by atoms with E-state index in [1.54, 1.807) is 4.90 Å². The lowest BCUT2D eigenvalue weighted by atomic mass is 10.1. The SMILES string of the molecule is Cn1c(-c2cn(C3CC3)nc2C(F)(F)F)cnc1C(=O)Nc1ccc(C(=O)N2CCN([S+]([O-])N3CCNCC3)CC2)c(Cl)c1. The van der Waals surface area contributed by atoms with Crippen LogP contribution in [0.1, 0.15) is 45.6 Å². The Kier molecular flexibility index (Phi) is 8.65. The van der Waals surface area contributed by atoms with Crippen molar-refractivity contribution in [3.63, 3.8) is 0 Å². The number of anilines is 1. The van der Waals surface area contributed by atoms with Gasteiger partial charge in [-0.05, 0) is 31.0 Å². The summed E-state index contributed by atoms with van der Waals surface area (Å²) in [7, 11) is 1.46. The molecule has 0 spiro atoms. The minimum atomic E-state index is -4.67. The van der Waals surface area contributed by atoms with Crippen molar-refractivity contribution >= 4 is 40.7 Å². The van der Waals surface area contributed by atoms with Gasteiger partial charge in [-0.2, -0.15) is 18.3 Å². The van der Waals surface area contributed by atoms with Crippen molar-refractivity contribution in [2.24, 2.45) is 7.05 Å². The molecule has 1 unspecified atom stereocenters. The van der Waals surface area contributed by atoms with Crippen molar-refractivity contribution in [2.45, 2.75) is 25.1 Å². The van der Waals surface area contributed by atoms with Gasteiger partial charge in [-0.25, -0.2) is 4.98 Å². The summed E-state index contributed by atoms with van der Waals surface area (Å²) in [5.41, 5.74) is -0.533. The fraction of sp³-hybridized carbons (Fsp3) is 0.481. The Morgan fingerprint density at radius 1 is 1.09 bits per heavy atom. The predicted octanol–water partition coefficient (Wildman–Crippen LogP) is 2.78. The zero-order chi connectivity index (χ0) is 31.2. The Bertz CT molecular complexity index is 1550. The van der Waals surface area contributed by atoms with Gasteiger partial charge in [0, 0.05) is 45.1 Å². The minimum Gasteiger partial charge on any atom is -0.578 e. The number of piperazine rings is 2. The molecule has 2 aliphatic heterocycles. The summed E-state index contributed by atoms with van der Waals surface area (Å²) in [6.07, 6.45) is -0.581. The summed E-state index contributed by atoms with van der Waals surface area (Å²) in [6, 6.07) is 4.42. The normalized spacial score (nSPS) is 19.3. The Labute approximate surface area is 259 Å². The number of aromatic nitrogens is 4. The Hall–Kier alpha value is -3.15.